The molecule has 0 amide bonds. The molecule has 218 valence electrons. The van der Waals surface area contributed by atoms with Gasteiger partial charge in [0.05, 0.1) is 11.4 Å². The second-order valence-electron chi connectivity index (χ2n) is 12.9. The van der Waals surface area contributed by atoms with Crippen LogP contribution in [0.25, 0.3) is 0 Å². The molecule has 3 unspecified atom stereocenters. The molecule has 41 heavy (non-hydrogen) atoms. The standard InChI is InChI=1S/C37H48ClN3/c1-6-12-27(2)13-10-11-16-33-35(36(4)21-17-31(38)18-22-36)40-32-19-23-37(5,25-34(32)39-33)28(3)41-24-20-30(26-41)29-14-8-7-9-15-29/h7-9,12,14-15,17-19,21,25,30,39-40H,3,6,10-11,13,16,20,22-24,26H2,1-2,4-5H3/b27-12-. The van der Waals surface area contributed by atoms with Crippen molar-refractivity contribution >= 4 is 11.6 Å². The van der Waals surface area contributed by atoms with E-state index in [-0.39, 0.29) is 10.8 Å². The van der Waals surface area contributed by atoms with E-state index in [9.17, 15) is 0 Å². The van der Waals surface area contributed by atoms with E-state index < -0.39 is 0 Å². The van der Waals surface area contributed by atoms with Crippen LogP contribution in [0.2, 0.25) is 0 Å². The SMILES string of the molecule is C=C(N1CCC(c2ccccc2)C1)C1(C)C=C2NC(CCCC/C(C)=C\CC)=C(C3(C)C=CC(Cl)=CC3)NC2=CC1. The normalized spacial score (nSPS) is 27.9. The van der Waals surface area contributed by atoms with Gasteiger partial charge in [-0.15, -0.1) is 0 Å². The number of nitrogens with one attached hydrogen (secondary N) is 2. The highest BCUT2D eigenvalue weighted by Crippen LogP contribution is 2.45. The van der Waals surface area contributed by atoms with E-state index in [0.717, 1.165) is 50.2 Å². The molecule has 4 heteroatoms. The maximum absolute atomic E-state index is 6.33. The third-order valence-corrected chi connectivity index (χ3v) is 9.81. The van der Waals surface area contributed by atoms with Crippen LogP contribution in [0.4, 0.5) is 0 Å². The summed E-state index contributed by atoms with van der Waals surface area (Å²) in [7, 11) is 0. The molecular weight excluding hydrogens is 522 g/mol. The van der Waals surface area contributed by atoms with E-state index in [4.69, 9.17) is 11.6 Å². The van der Waals surface area contributed by atoms with Gasteiger partial charge in [0.25, 0.3) is 0 Å². The van der Waals surface area contributed by atoms with Gasteiger partial charge in [-0.1, -0.05) is 99.2 Å². The summed E-state index contributed by atoms with van der Waals surface area (Å²) >= 11 is 6.33. The lowest BCUT2D eigenvalue weighted by atomic mass is 9.76. The van der Waals surface area contributed by atoms with Crippen LogP contribution < -0.4 is 10.6 Å². The molecule has 5 rings (SSSR count). The Labute approximate surface area is 253 Å². The van der Waals surface area contributed by atoms with Crippen molar-refractivity contribution in [2.75, 3.05) is 13.1 Å². The zero-order chi connectivity index (χ0) is 29.0. The van der Waals surface area contributed by atoms with Gasteiger partial charge in [-0.25, -0.2) is 0 Å². The zero-order valence-electron chi connectivity index (χ0n) is 25.5. The molecule has 2 heterocycles. The minimum Gasteiger partial charge on any atom is -0.374 e. The van der Waals surface area contributed by atoms with Gasteiger partial charge >= 0.3 is 0 Å². The van der Waals surface area contributed by atoms with E-state index in [1.165, 1.54) is 58.9 Å². The number of fused-ring (bicyclic) bond motifs is 1. The lowest BCUT2D eigenvalue weighted by Gasteiger charge is -2.42. The van der Waals surface area contributed by atoms with Gasteiger partial charge < -0.3 is 15.5 Å². The van der Waals surface area contributed by atoms with Crippen LogP contribution in [-0.2, 0) is 0 Å². The van der Waals surface area contributed by atoms with Crippen molar-refractivity contribution in [1.82, 2.24) is 15.5 Å². The Hall–Kier alpha value is -2.91. The van der Waals surface area contributed by atoms with E-state index in [1.54, 1.807) is 0 Å². The third-order valence-electron chi connectivity index (χ3n) is 9.53. The van der Waals surface area contributed by atoms with E-state index >= 15 is 0 Å². The third kappa shape index (κ3) is 6.61. The lowest BCUT2D eigenvalue weighted by molar-refractivity contribution is 0.315. The molecule has 4 aliphatic rings. The number of rotatable bonds is 10. The number of nitrogens with zero attached hydrogens (tertiary/aromatic N) is 1. The first-order chi connectivity index (χ1) is 19.7. The second kappa shape index (κ2) is 12.5. The van der Waals surface area contributed by atoms with Crippen LogP contribution in [0.5, 0.6) is 0 Å². The van der Waals surface area contributed by atoms with Crippen molar-refractivity contribution in [2.45, 2.75) is 85.0 Å². The highest BCUT2D eigenvalue weighted by atomic mass is 35.5. The molecule has 2 aliphatic heterocycles. The fourth-order valence-electron chi connectivity index (χ4n) is 6.83. The highest BCUT2D eigenvalue weighted by Gasteiger charge is 2.39. The summed E-state index contributed by atoms with van der Waals surface area (Å²) in [4.78, 5) is 2.53. The molecule has 2 aliphatic carbocycles. The summed E-state index contributed by atoms with van der Waals surface area (Å²) in [5.41, 5.74) is 8.92. The van der Waals surface area contributed by atoms with Gasteiger partial charge in [0.1, 0.15) is 0 Å². The number of hydrogen-bond donors (Lipinski definition) is 2. The molecule has 1 saturated heterocycles. The minimum atomic E-state index is -0.116. The number of allylic oxidation sites excluding steroid dienone is 9. The van der Waals surface area contributed by atoms with Crippen molar-refractivity contribution in [1.29, 1.82) is 0 Å². The summed E-state index contributed by atoms with van der Waals surface area (Å²) in [5.74, 6) is 0.577. The number of unbranched alkanes of at least 4 members (excludes halogenated alkanes) is 1. The molecule has 1 aromatic rings. The predicted octanol–water partition coefficient (Wildman–Crippen LogP) is 9.58. The molecule has 3 atom stereocenters. The van der Waals surface area contributed by atoms with Crippen LogP contribution >= 0.6 is 11.6 Å². The Kier molecular flexibility index (Phi) is 9.04. The Balaban J connectivity index is 1.34. The van der Waals surface area contributed by atoms with Crippen molar-refractivity contribution in [3.05, 3.63) is 118 Å². The molecule has 0 aromatic heterocycles. The number of likely N-dealkylation sites (tertiary alicyclic amines) is 1. The van der Waals surface area contributed by atoms with E-state index in [0.29, 0.717) is 5.92 Å². The van der Waals surface area contributed by atoms with Crippen LogP contribution in [0.3, 0.4) is 0 Å². The molecule has 2 N–H and O–H groups in total. The fourth-order valence-corrected chi connectivity index (χ4v) is 6.97. The molecule has 0 radical (unpaired) electrons. The first-order valence-corrected chi connectivity index (χ1v) is 16.0. The van der Waals surface area contributed by atoms with Crippen LogP contribution in [-0.4, -0.2) is 18.0 Å². The number of benzene rings is 1. The van der Waals surface area contributed by atoms with Gasteiger partial charge in [0, 0.05) is 52.0 Å². The van der Waals surface area contributed by atoms with Gasteiger partial charge in [0.2, 0.25) is 0 Å². The van der Waals surface area contributed by atoms with Gasteiger partial charge in [-0.3, -0.25) is 0 Å². The second-order valence-corrected chi connectivity index (χ2v) is 13.3. The van der Waals surface area contributed by atoms with Crippen molar-refractivity contribution < 1.29 is 0 Å². The first kappa shape index (κ1) is 29.6. The minimum absolute atomic E-state index is 0.114. The maximum atomic E-state index is 6.33. The summed E-state index contributed by atoms with van der Waals surface area (Å²) in [6.45, 7) is 15.9. The lowest BCUT2D eigenvalue weighted by Crippen LogP contribution is -2.42. The number of hydrogen-bond acceptors (Lipinski definition) is 3. The summed E-state index contributed by atoms with van der Waals surface area (Å²) in [6.07, 6.45) is 22.3. The summed E-state index contributed by atoms with van der Waals surface area (Å²) in [6, 6.07) is 11.0. The van der Waals surface area contributed by atoms with E-state index in [2.05, 4.69) is 117 Å². The molecule has 3 nitrogen and oxygen atoms in total. The molecular formula is C37H48ClN3. The fraction of sp³-hybridized carbons (Fsp3) is 0.459. The van der Waals surface area contributed by atoms with Gasteiger partial charge in [0.15, 0.2) is 0 Å². The van der Waals surface area contributed by atoms with Crippen LogP contribution in [0.1, 0.15) is 90.5 Å². The average molecular weight is 570 g/mol. The highest BCUT2D eigenvalue weighted by molar-refractivity contribution is 6.31. The monoisotopic (exact) mass is 569 g/mol. The molecule has 1 aromatic carbocycles. The Morgan fingerprint density at radius 1 is 1.10 bits per heavy atom. The molecule has 1 fully saturated rings. The van der Waals surface area contributed by atoms with Crippen molar-refractivity contribution in [3.63, 3.8) is 0 Å². The van der Waals surface area contributed by atoms with Crippen LogP contribution in [0, 0.1) is 10.8 Å². The molecule has 0 spiro atoms. The van der Waals surface area contributed by atoms with Gasteiger partial charge in [-0.05, 0) is 76.0 Å². The largest absolute Gasteiger partial charge is 0.374 e. The summed E-state index contributed by atoms with van der Waals surface area (Å²) in [5, 5.41) is 8.67. The Bertz CT molecular complexity index is 1330. The van der Waals surface area contributed by atoms with Crippen molar-refractivity contribution in [3.8, 4) is 0 Å². The zero-order valence-corrected chi connectivity index (χ0v) is 26.3. The molecule has 0 bridgehead atoms. The van der Waals surface area contributed by atoms with E-state index in [1.807, 2.05) is 0 Å². The van der Waals surface area contributed by atoms with Gasteiger partial charge in [-0.2, -0.15) is 0 Å². The number of halogens is 1. The Morgan fingerprint density at radius 2 is 1.90 bits per heavy atom. The Morgan fingerprint density at radius 3 is 2.63 bits per heavy atom. The average Bonchev–Trinajstić information content (AvgIpc) is 3.47. The predicted molar refractivity (Wildman–Crippen MR) is 175 cm³/mol. The quantitative estimate of drug-likeness (QED) is 0.217. The summed E-state index contributed by atoms with van der Waals surface area (Å²) < 4.78 is 0. The smallest absolute Gasteiger partial charge is 0.0587 e. The van der Waals surface area contributed by atoms with Crippen molar-refractivity contribution in [2.24, 2.45) is 10.8 Å². The molecule has 0 saturated carbocycles. The maximum Gasteiger partial charge on any atom is 0.0587 e. The first-order valence-electron chi connectivity index (χ1n) is 15.6. The topological polar surface area (TPSA) is 27.3 Å². The van der Waals surface area contributed by atoms with Crippen LogP contribution in [0.15, 0.2) is 112 Å².